The summed E-state index contributed by atoms with van der Waals surface area (Å²) in [7, 11) is -4.42. The van der Waals surface area contributed by atoms with E-state index in [0.29, 0.717) is 6.61 Å². The molecule has 0 aliphatic heterocycles. The number of carbonyl (C=O) groups excluding carboxylic acids is 1. The van der Waals surface area contributed by atoms with Gasteiger partial charge in [0.05, 0.1) is 18.5 Å². The highest BCUT2D eigenvalue weighted by Crippen LogP contribution is 2.70. The van der Waals surface area contributed by atoms with Gasteiger partial charge < -0.3 is 13.4 Å². The van der Waals surface area contributed by atoms with Crippen molar-refractivity contribution >= 4 is 39.7 Å². The number of rotatable bonds is 8. The van der Waals surface area contributed by atoms with Crippen LogP contribution in [0, 0.1) is 17.3 Å². The molecule has 2 saturated carbocycles. The Morgan fingerprint density at radius 1 is 1.18 bits per heavy atom. The predicted molar refractivity (Wildman–Crippen MR) is 161 cm³/mol. The van der Waals surface area contributed by atoms with Crippen LogP contribution in [0.3, 0.4) is 0 Å². The van der Waals surface area contributed by atoms with Gasteiger partial charge in [0.1, 0.15) is 6.17 Å². The number of halogens is 1. The normalized spacial score (nSPS) is 27.4. The number of alkyl halides is 1. The first-order valence-electron chi connectivity index (χ1n) is 14.4. The molecule has 2 aromatic rings. The predicted octanol–water partition coefficient (Wildman–Crippen LogP) is 6.03. The smallest absolute Gasteiger partial charge is 0.280 e. The summed E-state index contributed by atoms with van der Waals surface area (Å²) >= 11 is 0. The molecule has 2 fully saturated rings. The summed E-state index contributed by atoms with van der Waals surface area (Å²) in [5, 5.41) is 2.60. The van der Waals surface area contributed by atoms with Crippen LogP contribution in [0.1, 0.15) is 67.9 Å². The molecule has 40 heavy (non-hydrogen) atoms. The molecular formula is C28H48FN5O4Si2. The first-order chi connectivity index (χ1) is 18.1. The van der Waals surface area contributed by atoms with E-state index < -0.39 is 45.9 Å². The molecule has 2 aliphatic rings. The third-order valence-electron chi connectivity index (χ3n) is 10.0. The second-order valence-corrected chi connectivity index (χ2v) is 24.8. The van der Waals surface area contributed by atoms with Gasteiger partial charge in [0, 0.05) is 17.9 Å². The minimum Gasteiger partial charge on any atom is -0.416 e. The fraction of sp³-hybridized carbons (Fsp3) is 0.786. The van der Waals surface area contributed by atoms with Crippen molar-refractivity contribution in [2.45, 2.75) is 116 Å². The second kappa shape index (κ2) is 9.84. The number of amides is 1. The third-order valence-corrected chi connectivity index (χ3v) is 19.0. The highest BCUT2D eigenvalue weighted by Gasteiger charge is 2.74. The van der Waals surface area contributed by atoms with E-state index >= 15 is 4.39 Å². The second-order valence-electron chi connectivity index (χ2n) is 15.2. The van der Waals surface area contributed by atoms with Crippen LogP contribution in [-0.2, 0) is 13.6 Å². The maximum atomic E-state index is 16.8. The molecule has 12 heteroatoms. The van der Waals surface area contributed by atoms with Crippen molar-refractivity contribution < 1.29 is 18.0 Å². The molecule has 224 valence electrons. The summed E-state index contributed by atoms with van der Waals surface area (Å²) in [6.07, 6.45) is 0.312. The summed E-state index contributed by atoms with van der Waals surface area (Å²) in [4.78, 5) is 36.5. The van der Waals surface area contributed by atoms with Gasteiger partial charge in [0.25, 0.3) is 5.56 Å². The molecule has 2 aliphatic carbocycles. The van der Waals surface area contributed by atoms with Gasteiger partial charge in [0.2, 0.25) is 11.9 Å². The molecule has 9 nitrogen and oxygen atoms in total. The average molecular weight is 594 g/mol. The lowest BCUT2D eigenvalue weighted by molar-refractivity contribution is -0.118. The molecule has 1 amide bonds. The van der Waals surface area contributed by atoms with Gasteiger partial charge in [0.15, 0.2) is 27.8 Å². The van der Waals surface area contributed by atoms with E-state index in [1.165, 1.54) is 6.33 Å². The van der Waals surface area contributed by atoms with Gasteiger partial charge in [-0.05, 0) is 48.6 Å². The first-order valence-corrected chi connectivity index (χ1v) is 20.2. The molecule has 0 saturated heterocycles. The van der Waals surface area contributed by atoms with Gasteiger partial charge in [-0.1, -0.05) is 55.4 Å². The summed E-state index contributed by atoms with van der Waals surface area (Å²) in [6, 6.07) is -0.606. The Labute approximate surface area is 239 Å². The van der Waals surface area contributed by atoms with Crippen molar-refractivity contribution in [1.82, 2.24) is 19.5 Å². The van der Waals surface area contributed by atoms with Crippen molar-refractivity contribution in [2.24, 2.45) is 17.3 Å². The van der Waals surface area contributed by atoms with E-state index in [9.17, 15) is 9.59 Å². The number of imidazole rings is 1. The largest absolute Gasteiger partial charge is 0.416 e. The van der Waals surface area contributed by atoms with Gasteiger partial charge in [-0.2, -0.15) is 4.98 Å². The first kappa shape index (κ1) is 31.0. The number of hydrogen-bond acceptors (Lipinski definition) is 6. The SMILES string of the molecule is CC(C)C(=O)Nc1nc2c(ncn2[C@H]2[C@H](F)C(O[Si](C)(C)C(C)(C)C)[C@]3(CO[Si](C)(C)C(C)(C)C)C[C@H]23)c(=O)[nH]1. The summed E-state index contributed by atoms with van der Waals surface area (Å²) in [5.74, 6) is -0.584. The van der Waals surface area contributed by atoms with E-state index in [2.05, 4.69) is 88.0 Å². The lowest BCUT2D eigenvalue weighted by atomic mass is 10.0. The van der Waals surface area contributed by atoms with Crippen molar-refractivity contribution in [3.8, 4) is 0 Å². The maximum Gasteiger partial charge on any atom is 0.280 e. The quantitative estimate of drug-likeness (QED) is 0.362. The number of hydrogen-bond donors (Lipinski definition) is 2. The Morgan fingerprint density at radius 3 is 2.33 bits per heavy atom. The van der Waals surface area contributed by atoms with Crippen molar-refractivity contribution in [1.29, 1.82) is 0 Å². The Morgan fingerprint density at radius 2 is 1.77 bits per heavy atom. The molecular weight excluding hydrogens is 546 g/mol. The number of carbonyl (C=O) groups is 1. The fourth-order valence-corrected chi connectivity index (χ4v) is 7.54. The van der Waals surface area contributed by atoms with Gasteiger partial charge in [-0.25, -0.2) is 9.37 Å². The molecule has 0 spiro atoms. The third kappa shape index (κ3) is 5.24. The molecule has 0 radical (unpaired) electrons. The molecule has 0 aromatic carbocycles. The number of nitrogens with zero attached hydrogens (tertiary/aromatic N) is 3. The number of nitrogens with one attached hydrogen (secondary N) is 2. The molecule has 5 atom stereocenters. The van der Waals surface area contributed by atoms with Gasteiger partial charge in [-0.3, -0.25) is 19.9 Å². The number of anilines is 1. The highest BCUT2D eigenvalue weighted by atomic mass is 28.4. The molecule has 4 rings (SSSR count). The van der Waals surface area contributed by atoms with E-state index in [4.69, 9.17) is 8.85 Å². The fourth-order valence-electron chi connectivity index (χ4n) is 5.12. The van der Waals surface area contributed by atoms with Crippen LogP contribution in [0.2, 0.25) is 36.3 Å². The van der Waals surface area contributed by atoms with Gasteiger partial charge >= 0.3 is 0 Å². The van der Waals surface area contributed by atoms with E-state index in [1.54, 1.807) is 18.4 Å². The number of aromatic nitrogens is 4. The van der Waals surface area contributed by atoms with Crippen LogP contribution in [0.25, 0.3) is 11.2 Å². The van der Waals surface area contributed by atoms with Gasteiger partial charge in [-0.15, -0.1) is 0 Å². The summed E-state index contributed by atoms with van der Waals surface area (Å²) < 4.78 is 32.1. The molecule has 1 unspecified atom stereocenters. The maximum absolute atomic E-state index is 16.8. The molecule has 2 N–H and O–H groups in total. The molecule has 0 bridgehead atoms. The van der Waals surface area contributed by atoms with Crippen LogP contribution in [0.4, 0.5) is 10.3 Å². The zero-order chi connectivity index (χ0) is 30.2. The molecule has 2 aromatic heterocycles. The number of fused-ring (bicyclic) bond motifs is 2. The average Bonchev–Trinajstić information content (AvgIpc) is 3.28. The zero-order valence-corrected chi connectivity index (χ0v) is 28.2. The molecule has 2 heterocycles. The topological polar surface area (TPSA) is 111 Å². The lowest BCUT2D eigenvalue weighted by Crippen LogP contribution is -2.50. The Balaban J connectivity index is 1.75. The monoisotopic (exact) mass is 593 g/mol. The van der Waals surface area contributed by atoms with Crippen molar-refractivity contribution in [2.75, 3.05) is 11.9 Å². The minimum atomic E-state index is -2.33. The number of H-pyrrole nitrogens is 1. The Bertz CT molecular complexity index is 1340. The van der Waals surface area contributed by atoms with E-state index in [-0.39, 0.29) is 44.9 Å². The van der Waals surface area contributed by atoms with Crippen molar-refractivity contribution in [3.05, 3.63) is 16.7 Å². The summed E-state index contributed by atoms with van der Waals surface area (Å²) in [5.41, 5.74) is -0.558. The van der Waals surface area contributed by atoms with Crippen LogP contribution >= 0.6 is 0 Å². The standard InChI is InChI=1S/C28H48FN5O4Si2/c1-16(2)23(35)32-25-31-22-19(24(36)33-25)30-15-34(22)20-17-13-28(17,14-37-39(9,10)26(3,4)5)21(18(20)29)38-40(11,12)27(6,7)8/h15-18,20-21H,13-14H2,1-12H3,(H2,31,32,33,35,36)/t17-,18+,20-,21?,28+/m1/s1. The summed E-state index contributed by atoms with van der Waals surface area (Å²) in [6.45, 7) is 25.8. The van der Waals surface area contributed by atoms with Crippen molar-refractivity contribution in [3.63, 3.8) is 0 Å². The lowest BCUT2D eigenvalue weighted by Gasteiger charge is -2.43. The Hall–Kier alpha value is -1.90. The van der Waals surface area contributed by atoms with E-state index in [1.807, 2.05) is 0 Å². The number of aromatic amines is 1. The van der Waals surface area contributed by atoms with E-state index in [0.717, 1.165) is 6.42 Å². The Kier molecular flexibility index (Phi) is 7.64. The zero-order valence-electron chi connectivity index (χ0n) is 26.2. The van der Waals surface area contributed by atoms with Crippen LogP contribution < -0.4 is 10.9 Å². The van der Waals surface area contributed by atoms with Crippen LogP contribution in [0.5, 0.6) is 0 Å². The van der Waals surface area contributed by atoms with Crippen LogP contribution in [-0.4, -0.2) is 60.9 Å². The van der Waals surface area contributed by atoms with Crippen LogP contribution in [0.15, 0.2) is 11.1 Å². The minimum absolute atomic E-state index is 0.0270. The highest BCUT2D eigenvalue weighted by molar-refractivity contribution is 6.74.